The molecule has 0 amide bonds. The molecule has 1 N–H and O–H groups in total. The fourth-order valence-corrected chi connectivity index (χ4v) is 2.25. The molecule has 0 saturated heterocycles. The van der Waals surface area contributed by atoms with E-state index in [-0.39, 0.29) is 5.78 Å². The van der Waals surface area contributed by atoms with E-state index in [1.807, 2.05) is 0 Å². The summed E-state index contributed by atoms with van der Waals surface area (Å²) in [5, 5.41) is 8.99. The third-order valence-corrected chi connectivity index (χ3v) is 3.95. The van der Waals surface area contributed by atoms with Gasteiger partial charge in [-0.2, -0.15) is 0 Å². The van der Waals surface area contributed by atoms with Crippen LogP contribution < -0.4 is 9.47 Å². The van der Waals surface area contributed by atoms with Gasteiger partial charge in [0, 0.05) is 16.0 Å². The highest BCUT2D eigenvalue weighted by Gasteiger charge is 2.28. The van der Waals surface area contributed by atoms with E-state index in [2.05, 4.69) is 15.9 Å². The Hall–Kier alpha value is -1.56. The first-order chi connectivity index (χ1) is 9.33. The van der Waals surface area contributed by atoms with Crippen LogP contribution in [0.25, 0.3) is 0 Å². The Balaban J connectivity index is 3.19. The third-order valence-electron chi connectivity index (χ3n) is 3.29. The lowest BCUT2D eigenvalue weighted by Gasteiger charge is -2.17. The quantitative estimate of drug-likeness (QED) is 0.803. The second kappa shape index (κ2) is 6.74. The number of rotatable bonds is 6. The number of carboxylic acids is 1. The van der Waals surface area contributed by atoms with Gasteiger partial charge in [0.25, 0.3) is 0 Å². The van der Waals surface area contributed by atoms with Gasteiger partial charge < -0.3 is 14.6 Å². The Morgan fingerprint density at radius 3 is 2.05 bits per heavy atom. The summed E-state index contributed by atoms with van der Waals surface area (Å²) in [7, 11) is 2.98. The van der Waals surface area contributed by atoms with Crippen LogP contribution in [0.2, 0.25) is 0 Å². The predicted molar refractivity (Wildman–Crippen MR) is 77.5 cm³/mol. The molecular weight excluding hydrogens is 328 g/mol. The van der Waals surface area contributed by atoms with Crippen molar-refractivity contribution in [2.24, 2.45) is 11.8 Å². The van der Waals surface area contributed by atoms with Gasteiger partial charge in [-0.3, -0.25) is 9.59 Å². The second-order valence-electron chi connectivity index (χ2n) is 4.47. The number of carbonyl (C=O) groups excluding carboxylic acids is 1. The van der Waals surface area contributed by atoms with Gasteiger partial charge in [0.15, 0.2) is 17.3 Å². The molecule has 5 nitrogen and oxygen atoms in total. The molecule has 0 heterocycles. The number of halogens is 1. The number of ether oxygens (including phenoxy) is 2. The summed E-state index contributed by atoms with van der Waals surface area (Å²) in [4.78, 5) is 23.4. The summed E-state index contributed by atoms with van der Waals surface area (Å²) in [6, 6.07) is 3.18. The summed E-state index contributed by atoms with van der Waals surface area (Å²) in [5.41, 5.74) is 0.378. The van der Waals surface area contributed by atoms with Crippen molar-refractivity contribution >= 4 is 27.7 Å². The molecule has 110 valence electrons. The Labute approximate surface area is 126 Å². The monoisotopic (exact) mass is 344 g/mol. The van der Waals surface area contributed by atoms with Gasteiger partial charge >= 0.3 is 5.97 Å². The van der Waals surface area contributed by atoms with Crippen LogP contribution in [-0.4, -0.2) is 31.1 Å². The lowest BCUT2D eigenvalue weighted by atomic mass is 9.88. The normalized spacial score (nSPS) is 13.4. The number of hydrogen-bond donors (Lipinski definition) is 1. The molecule has 0 radical (unpaired) electrons. The first kappa shape index (κ1) is 16.5. The number of benzene rings is 1. The van der Waals surface area contributed by atoms with Crippen LogP contribution in [0.5, 0.6) is 11.5 Å². The first-order valence-electron chi connectivity index (χ1n) is 6.02. The van der Waals surface area contributed by atoms with E-state index >= 15 is 0 Å². The number of Topliss-reactive ketones (excluding diaryl/α,β-unsaturated/α-hetero) is 1. The van der Waals surface area contributed by atoms with E-state index in [0.29, 0.717) is 21.5 Å². The molecular formula is C14H17BrO5. The predicted octanol–water partition coefficient (Wildman–Crippen LogP) is 3.01. The second-order valence-corrected chi connectivity index (χ2v) is 5.32. The summed E-state index contributed by atoms with van der Waals surface area (Å²) in [6.45, 7) is 3.11. The Morgan fingerprint density at radius 1 is 1.10 bits per heavy atom. The molecule has 0 spiro atoms. The lowest BCUT2D eigenvalue weighted by molar-refractivity contribution is -0.142. The van der Waals surface area contributed by atoms with Crippen molar-refractivity contribution in [3.05, 3.63) is 22.2 Å². The molecule has 2 unspecified atom stereocenters. The highest BCUT2D eigenvalue weighted by atomic mass is 79.9. The van der Waals surface area contributed by atoms with Gasteiger partial charge in [0.1, 0.15) is 0 Å². The zero-order valence-corrected chi connectivity index (χ0v) is 13.4. The van der Waals surface area contributed by atoms with Crippen LogP contribution in [0.1, 0.15) is 24.2 Å². The molecule has 6 heteroatoms. The van der Waals surface area contributed by atoms with Crippen LogP contribution in [0, 0.1) is 11.8 Å². The molecule has 0 bridgehead atoms. The maximum atomic E-state index is 12.4. The molecule has 0 aliphatic heterocycles. The largest absolute Gasteiger partial charge is 0.493 e. The fourth-order valence-electron chi connectivity index (χ4n) is 1.73. The average Bonchev–Trinajstić information content (AvgIpc) is 2.44. The summed E-state index contributed by atoms with van der Waals surface area (Å²) < 4.78 is 10.8. The number of hydrogen-bond acceptors (Lipinski definition) is 4. The summed E-state index contributed by atoms with van der Waals surface area (Å²) in [6.07, 6.45) is 0. The van der Waals surface area contributed by atoms with Crippen molar-refractivity contribution in [3.8, 4) is 11.5 Å². The Kier molecular flexibility index (Phi) is 5.56. The standard InChI is InChI=1S/C14H17BrO5/c1-7(8(2)14(17)18)13(16)9-5-11(19-3)12(20-4)6-10(9)15/h5-8H,1-4H3,(H,17,18). The third kappa shape index (κ3) is 3.30. The van der Waals surface area contributed by atoms with E-state index in [1.54, 1.807) is 19.1 Å². The van der Waals surface area contributed by atoms with E-state index in [1.165, 1.54) is 21.1 Å². The molecule has 0 aliphatic carbocycles. The fraction of sp³-hybridized carbons (Fsp3) is 0.429. The average molecular weight is 345 g/mol. The lowest BCUT2D eigenvalue weighted by Crippen LogP contribution is -2.25. The van der Waals surface area contributed by atoms with Gasteiger partial charge in [-0.25, -0.2) is 0 Å². The van der Waals surface area contributed by atoms with Crippen molar-refractivity contribution in [1.29, 1.82) is 0 Å². The number of carbonyl (C=O) groups is 2. The molecule has 2 atom stereocenters. The highest BCUT2D eigenvalue weighted by Crippen LogP contribution is 2.35. The zero-order valence-electron chi connectivity index (χ0n) is 11.8. The van der Waals surface area contributed by atoms with Gasteiger partial charge in [-0.05, 0) is 28.1 Å². The van der Waals surface area contributed by atoms with Gasteiger partial charge in [0.05, 0.1) is 20.1 Å². The van der Waals surface area contributed by atoms with Crippen LogP contribution >= 0.6 is 15.9 Å². The highest BCUT2D eigenvalue weighted by molar-refractivity contribution is 9.10. The minimum Gasteiger partial charge on any atom is -0.493 e. The van der Waals surface area contributed by atoms with E-state index in [9.17, 15) is 9.59 Å². The molecule has 1 aromatic rings. The smallest absolute Gasteiger partial charge is 0.306 e. The number of methoxy groups -OCH3 is 2. The van der Waals surface area contributed by atoms with Crippen LogP contribution in [-0.2, 0) is 4.79 Å². The van der Waals surface area contributed by atoms with Gasteiger partial charge in [-0.15, -0.1) is 0 Å². The van der Waals surface area contributed by atoms with Crippen molar-refractivity contribution in [2.45, 2.75) is 13.8 Å². The molecule has 0 aromatic heterocycles. The number of carboxylic acid groups (broad SMARTS) is 1. The molecule has 0 aliphatic rings. The topological polar surface area (TPSA) is 72.8 Å². The van der Waals surface area contributed by atoms with Gasteiger partial charge in [0.2, 0.25) is 0 Å². The molecule has 1 rings (SSSR count). The molecule has 0 saturated carbocycles. The Morgan fingerprint density at radius 2 is 1.60 bits per heavy atom. The van der Waals surface area contributed by atoms with E-state index in [4.69, 9.17) is 14.6 Å². The molecule has 20 heavy (non-hydrogen) atoms. The van der Waals surface area contributed by atoms with Gasteiger partial charge in [-0.1, -0.05) is 13.8 Å². The summed E-state index contributed by atoms with van der Waals surface area (Å²) >= 11 is 3.30. The zero-order chi connectivity index (χ0) is 15.4. The van der Waals surface area contributed by atoms with E-state index < -0.39 is 17.8 Å². The maximum absolute atomic E-state index is 12.4. The van der Waals surface area contributed by atoms with Crippen LogP contribution in [0.15, 0.2) is 16.6 Å². The number of aliphatic carboxylic acids is 1. The van der Waals surface area contributed by atoms with Crippen LogP contribution in [0.3, 0.4) is 0 Å². The van der Waals surface area contributed by atoms with Crippen molar-refractivity contribution < 1.29 is 24.2 Å². The molecule has 1 aromatic carbocycles. The minimum absolute atomic E-state index is 0.257. The van der Waals surface area contributed by atoms with Crippen LogP contribution in [0.4, 0.5) is 0 Å². The summed E-state index contributed by atoms with van der Waals surface area (Å²) in [5.74, 6) is -1.73. The van der Waals surface area contributed by atoms with E-state index in [0.717, 1.165) is 0 Å². The van der Waals surface area contributed by atoms with Crippen molar-refractivity contribution in [3.63, 3.8) is 0 Å². The maximum Gasteiger partial charge on any atom is 0.306 e. The Bertz CT molecular complexity index is 527. The minimum atomic E-state index is -0.998. The SMILES string of the molecule is COc1cc(Br)c(C(=O)C(C)C(C)C(=O)O)cc1OC. The first-order valence-corrected chi connectivity index (χ1v) is 6.81. The van der Waals surface area contributed by atoms with Crippen molar-refractivity contribution in [1.82, 2.24) is 0 Å². The van der Waals surface area contributed by atoms with Crippen molar-refractivity contribution in [2.75, 3.05) is 14.2 Å². The number of ketones is 1. The molecule has 0 fully saturated rings.